The molecule has 0 amide bonds. The van der Waals surface area contributed by atoms with Crippen molar-refractivity contribution in [1.29, 1.82) is 0 Å². The topological polar surface area (TPSA) is 87.1 Å². The lowest BCUT2D eigenvalue weighted by Gasteiger charge is -2.08. The summed E-state index contributed by atoms with van der Waals surface area (Å²) in [5.41, 5.74) is 6.62. The first kappa shape index (κ1) is 12.2. The van der Waals surface area contributed by atoms with Crippen LogP contribution in [0.3, 0.4) is 0 Å². The van der Waals surface area contributed by atoms with Gasteiger partial charge < -0.3 is 5.73 Å². The predicted molar refractivity (Wildman–Crippen MR) is 65.8 cm³/mol. The van der Waals surface area contributed by atoms with Crippen LogP contribution in [0.4, 0.5) is 5.69 Å². The Balaban J connectivity index is 2.34. The molecule has 17 heavy (non-hydrogen) atoms. The van der Waals surface area contributed by atoms with Crippen LogP contribution in [0.25, 0.3) is 0 Å². The van der Waals surface area contributed by atoms with Crippen LogP contribution in [0.1, 0.15) is 24.5 Å². The van der Waals surface area contributed by atoms with E-state index in [9.17, 15) is 13.2 Å². The van der Waals surface area contributed by atoms with Crippen molar-refractivity contribution in [2.45, 2.75) is 25.3 Å². The molecule has 0 aromatic carbocycles. The van der Waals surface area contributed by atoms with Crippen molar-refractivity contribution >= 4 is 15.5 Å². The quantitative estimate of drug-likeness (QED) is 0.803. The van der Waals surface area contributed by atoms with E-state index in [0.29, 0.717) is 5.92 Å². The molecule has 0 spiro atoms. The third-order valence-electron chi connectivity index (χ3n) is 3.09. The standard InChI is InChI=1S/C10H17N3O3S/c1-12-9(7-3-4-7)8(11)10(14)13(12)5-6-17(2,15)16/h7H,3-6,11H2,1-2H3. The van der Waals surface area contributed by atoms with E-state index in [1.807, 2.05) is 0 Å². The lowest BCUT2D eigenvalue weighted by Crippen LogP contribution is -2.26. The predicted octanol–water partition coefficient (Wildman–Crippen LogP) is -0.309. The van der Waals surface area contributed by atoms with E-state index >= 15 is 0 Å². The lowest BCUT2D eigenvalue weighted by atomic mass is 10.2. The second-order valence-corrected chi connectivity index (χ2v) is 6.91. The van der Waals surface area contributed by atoms with Crippen molar-refractivity contribution in [3.05, 3.63) is 16.0 Å². The number of nitrogen functional groups attached to an aromatic ring is 1. The van der Waals surface area contributed by atoms with E-state index in [0.717, 1.165) is 24.8 Å². The van der Waals surface area contributed by atoms with Gasteiger partial charge in [0.2, 0.25) is 0 Å². The van der Waals surface area contributed by atoms with E-state index in [4.69, 9.17) is 5.73 Å². The third kappa shape index (κ3) is 2.38. The highest BCUT2D eigenvalue weighted by atomic mass is 32.2. The molecule has 0 aliphatic heterocycles. The van der Waals surface area contributed by atoms with Gasteiger partial charge in [-0.1, -0.05) is 0 Å². The van der Waals surface area contributed by atoms with Crippen molar-refractivity contribution in [3.63, 3.8) is 0 Å². The fourth-order valence-corrected chi connectivity index (χ4v) is 2.54. The van der Waals surface area contributed by atoms with Crippen LogP contribution in [0, 0.1) is 0 Å². The first-order valence-corrected chi connectivity index (χ1v) is 7.60. The molecule has 0 unspecified atom stereocenters. The van der Waals surface area contributed by atoms with Gasteiger partial charge in [0, 0.05) is 19.2 Å². The zero-order valence-electron chi connectivity index (χ0n) is 10.0. The van der Waals surface area contributed by atoms with E-state index in [-0.39, 0.29) is 23.5 Å². The summed E-state index contributed by atoms with van der Waals surface area (Å²) < 4.78 is 25.3. The van der Waals surface area contributed by atoms with Crippen molar-refractivity contribution in [1.82, 2.24) is 9.36 Å². The molecule has 1 aromatic heterocycles. The number of aromatic nitrogens is 2. The Morgan fingerprint density at radius 2 is 2.00 bits per heavy atom. The second-order valence-electron chi connectivity index (χ2n) is 4.65. The third-order valence-corrected chi connectivity index (χ3v) is 4.01. The fourth-order valence-electron chi connectivity index (χ4n) is 2.03. The smallest absolute Gasteiger partial charge is 0.290 e. The first-order valence-electron chi connectivity index (χ1n) is 5.54. The van der Waals surface area contributed by atoms with Crippen molar-refractivity contribution < 1.29 is 8.42 Å². The van der Waals surface area contributed by atoms with Gasteiger partial charge >= 0.3 is 0 Å². The summed E-state index contributed by atoms with van der Waals surface area (Å²) in [6, 6.07) is 0. The van der Waals surface area contributed by atoms with E-state index < -0.39 is 9.84 Å². The molecule has 6 nitrogen and oxygen atoms in total. The Bertz CT molecular complexity index is 593. The number of nitrogens with two attached hydrogens (primary N) is 1. The summed E-state index contributed by atoms with van der Waals surface area (Å²) in [6.07, 6.45) is 3.26. The molecule has 0 atom stereocenters. The van der Waals surface area contributed by atoms with Crippen LogP contribution in [0.2, 0.25) is 0 Å². The van der Waals surface area contributed by atoms with Gasteiger partial charge in [-0.2, -0.15) is 0 Å². The average Bonchev–Trinajstić information content (AvgIpc) is 2.97. The summed E-state index contributed by atoms with van der Waals surface area (Å²) in [4.78, 5) is 11.9. The molecular formula is C10H17N3O3S. The average molecular weight is 259 g/mol. The van der Waals surface area contributed by atoms with Crippen LogP contribution in [0.5, 0.6) is 0 Å². The number of rotatable bonds is 4. The largest absolute Gasteiger partial charge is 0.393 e. The Hall–Kier alpha value is -1.24. The van der Waals surface area contributed by atoms with Crippen LogP contribution in [-0.4, -0.2) is 29.8 Å². The molecule has 1 fully saturated rings. The maximum absolute atomic E-state index is 11.9. The van der Waals surface area contributed by atoms with Gasteiger partial charge in [-0.15, -0.1) is 0 Å². The summed E-state index contributed by atoms with van der Waals surface area (Å²) in [7, 11) is -1.32. The molecule has 0 radical (unpaired) electrons. The van der Waals surface area contributed by atoms with Gasteiger partial charge in [0.1, 0.15) is 15.5 Å². The van der Waals surface area contributed by atoms with Crippen molar-refractivity contribution in [2.75, 3.05) is 17.7 Å². The van der Waals surface area contributed by atoms with Gasteiger partial charge in [-0.05, 0) is 12.8 Å². The van der Waals surface area contributed by atoms with Gasteiger partial charge in [0.25, 0.3) is 5.56 Å². The van der Waals surface area contributed by atoms with E-state index in [2.05, 4.69) is 0 Å². The van der Waals surface area contributed by atoms with E-state index in [1.54, 1.807) is 11.7 Å². The lowest BCUT2D eigenvalue weighted by molar-refractivity contribution is 0.500. The van der Waals surface area contributed by atoms with Gasteiger partial charge in [0.15, 0.2) is 0 Å². The normalized spacial score (nSPS) is 16.4. The Morgan fingerprint density at radius 3 is 2.47 bits per heavy atom. The maximum Gasteiger partial charge on any atom is 0.290 e. The molecule has 0 saturated heterocycles. The molecule has 2 rings (SSSR count). The number of anilines is 1. The maximum atomic E-state index is 11.9. The monoisotopic (exact) mass is 259 g/mol. The molecule has 1 aliphatic carbocycles. The minimum absolute atomic E-state index is 0.0473. The molecule has 7 heteroatoms. The van der Waals surface area contributed by atoms with Gasteiger partial charge in [-0.25, -0.2) is 13.1 Å². The summed E-state index contributed by atoms with van der Waals surface area (Å²) in [6.45, 7) is 0.158. The van der Waals surface area contributed by atoms with Crippen LogP contribution in [0.15, 0.2) is 4.79 Å². The van der Waals surface area contributed by atoms with Crippen LogP contribution in [-0.2, 0) is 23.4 Å². The first-order chi connectivity index (χ1) is 7.81. The number of sulfone groups is 1. The zero-order valence-corrected chi connectivity index (χ0v) is 10.8. The number of hydrogen-bond donors (Lipinski definition) is 1. The highest BCUT2D eigenvalue weighted by Crippen LogP contribution is 2.41. The zero-order chi connectivity index (χ0) is 12.8. The SMILES string of the molecule is Cn1c(C2CC2)c(N)c(=O)n1CCS(C)(=O)=O. The molecule has 96 valence electrons. The molecule has 1 heterocycles. The van der Waals surface area contributed by atoms with E-state index in [1.165, 1.54) is 4.68 Å². The Labute approximate surface area is 99.9 Å². The van der Waals surface area contributed by atoms with Crippen molar-refractivity contribution in [2.24, 2.45) is 7.05 Å². The second kappa shape index (κ2) is 3.90. The molecule has 1 aromatic rings. The van der Waals surface area contributed by atoms with Gasteiger partial charge in [-0.3, -0.25) is 9.48 Å². The van der Waals surface area contributed by atoms with Crippen molar-refractivity contribution in [3.8, 4) is 0 Å². The number of hydrogen-bond acceptors (Lipinski definition) is 4. The molecule has 0 bridgehead atoms. The highest BCUT2D eigenvalue weighted by Gasteiger charge is 2.31. The molecule has 1 aliphatic rings. The molecule has 1 saturated carbocycles. The highest BCUT2D eigenvalue weighted by molar-refractivity contribution is 7.90. The molecule has 2 N–H and O–H groups in total. The summed E-state index contributed by atoms with van der Waals surface area (Å²) in [5, 5.41) is 0. The fraction of sp³-hybridized carbons (Fsp3) is 0.700. The number of nitrogens with zero attached hydrogens (tertiary/aromatic N) is 2. The Kier molecular flexibility index (Phi) is 2.81. The van der Waals surface area contributed by atoms with Crippen LogP contribution >= 0.6 is 0 Å². The minimum atomic E-state index is -3.08. The minimum Gasteiger partial charge on any atom is -0.393 e. The van der Waals surface area contributed by atoms with Crippen LogP contribution < -0.4 is 11.3 Å². The van der Waals surface area contributed by atoms with Gasteiger partial charge in [0.05, 0.1) is 18.0 Å². The summed E-state index contributed by atoms with van der Waals surface area (Å²) >= 11 is 0. The molecular weight excluding hydrogens is 242 g/mol. The Morgan fingerprint density at radius 1 is 1.41 bits per heavy atom. The summed E-state index contributed by atoms with van der Waals surface area (Å²) in [5.74, 6) is 0.320.